The highest BCUT2D eigenvalue weighted by atomic mass is 16.4. The number of hydrogen-bond donors (Lipinski definition) is 2. The lowest BCUT2D eigenvalue weighted by Gasteiger charge is -2.00. The molecule has 0 aromatic heterocycles. The molecule has 1 aliphatic carbocycles. The van der Waals surface area contributed by atoms with Crippen molar-refractivity contribution >= 4 is 5.97 Å². The van der Waals surface area contributed by atoms with E-state index in [1.807, 2.05) is 0 Å². The first-order valence-corrected chi connectivity index (χ1v) is 3.89. The van der Waals surface area contributed by atoms with Gasteiger partial charge in [0.1, 0.15) is 0 Å². The fraction of sp³-hybridized carbons (Fsp3) is 0.625. The number of carboxylic acid groups (broad SMARTS) is 1. The van der Waals surface area contributed by atoms with Gasteiger partial charge in [-0.25, -0.2) is 0 Å². The zero-order valence-corrected chi connectivity index (χ0v) is 6.47. The first-order valence-electron chi connectivity index (χ1n) is 3.89. The minimum atomic E-state index is -0.788. The van der Waals surface area contributed by atoms with Crippen LogP contribution < -0.4 is 5.32 Å². The van der Waals surface area contributed by atoms with E-state index in [9.17, 15) is 4.79 Å². The lowest BCUT2D eigenvalue weighted by atomic mass is 10.2. The molecule has 0 aliphatic heterocycles. The Bertz CT molecular complexity index is 175. The van der Waals surface area contributed by atoms with Crippen LogP contribution in [0.3, 0.4) is 0 Å². The van der Waals surface area contributed by atoms with Gasteiger partial charge >= 0.3 is 5.97 Å². The number of aliphatic carboxylic acids is 1. The summed E-state index contributed by atoms with van der Waals surface area (Å²) in [7, 11) is 0. The monoisotopic (exact) mass is 155 g/mol. The Hall–Kier alpha value is -0.830. The molecule has 0 amide bonds. The highest BCUT2D eigenvalue weighted by Crippen LogP contribution is 2.15. The van der Waals surface area contributed by atoms with E-state index in [0.717, 1.165) is 19.4 Å². The number of carbonyl (C=O) groups is 1. The second-order valence-electron chi connectivity index (χ2n) is 2.75. The van der Waals surface area contributed by atoms with Gasteiger partial charge in [-0.2, -0.15) is 0 Å². The molecule has 3 heteroatoms. The molecule has 0 heterocycles. The average Bonchev–Trinajstić information content (AvgIpc) is 2.39. The summed E-state index contributed by atoms with van der Waals surface area (Å²) in [6.45, 7) is 0.809. The van der Waals surface area contributed by atoms with Crippen LogP contribution in [0.1, 0.15) is 19.3 Å². The molecule has 0 radical (unpaired) electrons. The van der Waals surface area contributed by atoms with Crippen LogP contribution in [-0.4, -0.2) is 24.2 Å². The molecule has 1 aliphatic rings. The fourth-order valence-corrected chi connectivity index (χ4v) is 1.23. The number of hydrogen-bond acceptors (Lipinski definition) is 2. The molecular formula is C8H13NO2. The van der Waals surface area contributed by atoms with Gasteiger partial charge in [-0.3, -0.25) is 4.79 Å². The Kier molecular flexibility index (Phi) is 3.11. The maximum absolute atomic E-state index is 10.1. The van der Waals surface area contributed by atoms with Crippen molar-refractivity contribution in [3.8, 4) is 0 Å². The Morgan fingerprint density at radius 1 is 1.73 bits per heavy atom. The summed E-state index contributed by atoms with van der Waals surface area (Å²) in [4.78, 5) is 10.1. The minimum Gasteiger partial charge on any atom is -0.480 e. The molecule has 0 atom stereocenters. The predicted molar refractivity (Wildman–Crippen MR) is 42.4 cm³/mol. The molecule has 0 unspecified atom stereocenters. The molecular weight excluding hydrogens is 142 g/mol. The second-order valence-corrected chi connectivity index (χ2v) is 2.75. The molecule has 0 saturated carbocycles. The van der Waals surface area contributed by atoms with Crippen LogP contribution in [0.2, 0.25) is 0 Å². The smallest absolute Gasteiger partial charge is 0.317 e. The largest absolute Gasteiger partial charge is 0.480 e. The summed E-state index contributed by atoms with van der Waals surface area (Å²) in [5, 5.41) is 11.2. The molecule has 0 aromatic rings. The lowest BCUT2D eigenvalue weighted by Crippen LogP contribution is -2.24. The molecule has 62 valence electrons. The van der Waals surface area contributed by atoms with E-state index in [1.54, 1.807) is 0 Å². The van der Waals surface area contributed by atoms with Crippen LogP contribution >= 0.6 is 0 Å². The van der Waals surface area contributed by atoms with Gasteiger partial charge in [-0.1, -0.05) is 11.6 Å². The molecule has 0 fully saturated rings. The maximum Gasteiger partial charge on any atom is 0.317 e. The van der Waals surface area contributed by atoms with Gasteiger partial charge in [0.2, 0.25) is 0 Å². The summed E-state index contributed by atoms with van der Waals surface area (Å²) in [5.41, 5.74) is 1.35. The van der Waals surface area contributed by atoms with E-state index in [0.29, 0.717) is 0 Å². The molecule has 11 heavy (non-hydrogen) atoms. The first kappa shape index (κ1) is 8.27. The van der Waals surface area contributed by atoms with E-state index in [4.69, 9.17) is 5.11 Å². The molecule has 2 N–H and O–H groups in total. The molecule has 0 saturated heterocycles. The van der Waals surface area contributed by atoms with Gasteiger partial charge in [-0.15, -0.1) is 0 Å². The normalized spacial score (nSPS) is 16.5. The standard InChI is InChI=1S/C8H13NO2/c10-8(11)6-9-5-7-3-1-2-4-7/h3,9H,1-2,4-6H2,(H,10,11). The van der Waals surface area contributed by atoms with E-state index in [-0.39, 0.29) is 6.54 Å². The Morgan fingerprint density at radius 2 is 2.55 bits per heavy atom. The van der Waals surface area contributed by atoms with Gasteiger partial charge in [0.05, 0.1) is 6.54 Å². The van der Waals surface area contributed by atoms with Crippen LogP contribution in [0.25, 0.3) is 0 Å². The number of nitrogens with one attached hydrogen (secondary N) is 1. The van der Waals surface area contributed by atoms with Crippen molar-refractivity contribution in [3.63, 3.8) is 0 Å². The number of allylic oxidation sites excluding steroid dienone is 1. The van der Waals surface area contributed by atoms with E-state index >= 15 is 0 Å². The molecule has 0 bridgehead atoms. The fourth-order valence-electron chi connectivity index (χ4n) is 1.23. The van der Waals surface area contributed by atoms with Gasteiger partial charge in [0, 0.05) is 6.54 Å². The summed E-state index contributed by atoms with van der Waals surface area (Å²) >= 11 is 0. The van der Waals surface area contributed by atoms with Crippen molar-refractivity contribution < 1.29 is 9.90 Å². The van der Waals surface area contributed by atoms with Crippen molar-refractivity contribution in [2.45, 2.75) is 19.3 Å². The SMILES string of the molecule is O=C(O)CNCC1=CCCC1. The van der Waals surface area contributed by atoms with Crippen molar-refractivity contribution in [1.29, 1.82) is 0 Å². The summed E-state index contributed by atoms with van der Waals surface area (Å²) in [5.74, 6) is -0.788. The Morgan fingerprint density at radius 3 is 3.09 bits per heavy atom. The maximum atomic E-state index is 10.1. The highest BCUT2D eigenvalue weighted by Gasteiger charge is 2.03. The minimum absolute atomic E-state index is 0.0668. The van der Waals surface area contributed by atoms with Gasteiger partial charge in [0.25, 0.3) is 0 Å². The number of carboxylic acids is 1. The van der Waals surface area contributed by atoms with Crippen LogP contribution in [0.4, 0.5) is 0 Å². The van der Waals surface area contributed by atoms with Gasteiger partial charge in [-0.05, 0) is 19.3 Å². The van der Waals surface area contributed by atoms with Gasteiger partial charge < -0.3 is 10.4 Å². The third-order valence-electron chi connectivity index (χ3n) is 1.76. The van der Waals surface area contributed by atoms with Crippen LogP contribution in [0.15, 0.2) is 11.6 Å². The molecule has 3 nitrogen and oxygen atoms in total. The van der Waals surface area contributed by atoms with E-state index < -0.39 is 5.97 Å². The lowest BCUT2D eigenvalue weighted by molar-refractivity contribution is -0.135. The summed E-state index contributed by atoms with van der Waals surface area (Å²) in [6.07, 6.45) is 5.70. The van der Waals surface area contributed by atoms with E-state index in [2.05, 4.69) is 11.4 Å². The van der Waals surface area contributed by atoms with Crippen LogP contribution in [0, 0.1) is 0 Å². The Labute approximate surface area is 66.1 Å². The second kappa shape index (κ2) is 4.13. The first-order chi connectivity index (χ1) is 5.29. The molecule has 1 rings (SSSR count). The topological polar surface area (TPSA) is 49.3 Å². The number of rotatable bonds is 4. The van der Waals surface area contributed by atoms with Crippen molar-refractivity contribution in [2.75, 3.05) is 13.1 Å². The molecule has 0 spiro atoms. The molecule has 0 aromatic carbocycles. The zero-order valence-electron chi connectivity index (χ0n) is 6.47. The quantitative estimate of drug-likeness (QED) is 0.589. The average molecular weight is 155 g/mol. The third-order valence-corrected chi connectivity index (χ3v) is 1.76. The predicted octanol–water partition coefficient (Wildman–Crippen LogP) is 0.771. The van der Waals surface area contributed by atoms with E-state index in [1.165, 1.54) is 12.0 Å². The van der Waals surface area contributed by atoms with Gasteiger partial charge in [0.15, 0.2) is 0 Å². The summed E-state index contributed by atoms with van der Waals surface area (Å²) < 4.78 is 0. The van der Waals surface area contributed by atoms with Crippen LogP contribution in [-0.2, 0) is 4.79 Å². The zero-order chi connectivity index (χ0) is 8.10. The summed E-state index contributed by atoms with van der Waals surface area (Å²) in [6, 6.07) is 0. The van der Waals surface area contributed by atoms with Crippen molar-refractivity contribution in [2.24, 2.45) is 0 Å². The highest BCUT2D eigenvalue weighted by molar-refractivity contribution is 5.69. The van der Waals surface area contributed by atoms with Crippen molar-refractivity contribution in [1.82, 2.24) is 5.32 Å². The third kappa shape index (κ3) is 3.18. The Balaban J connectivity index is 2.07. The van der Waals surface area contributed by atoms with Crippen molar-refractivity contribution in [3.05, 3.63) is 11.6 Å². The van der Waals surface area contributed by atoms with Crippen LogP contribution in [0.5, 0.6) is 0 Å².